The highest BCUT2D eigenvalue weighted by atomic mass is 14.2. The zero-order valence-corrected chi connectivity index (χ0v) is 12.6. The molecule has 0 aromatic heterocycles. The van der Waals surface area contributed by atoms with E-state index < -0.39 is 0 Å². The van der Waals surface area contributed by atoms with Gasteiger partial charge in [-0.3, -0.25) is 0 Å². The van der Waals surface area contributed by atoms with E-state index in [1.807, 2.05) is 0 Å². The normalized spacial score (nSPS) is 16.3. The van der Waals surface area contributed by atoms with Crippen LogP contribution in [0.2, 0.25) is 0 Å². The summed E-state index contributed by atoms with van der Waals surface area (Å²) in [6.07, 6.45) is 13.2. The Morgan fingerprint density at radius 2 is 2.16 bits per heavy atom. The number of rotatable bonds is 5. The largest absolute Gasteiger partial charge is 0.0836 e. The van der Waals surface area contributed by atoms with Crippen LogP contribution in [0.25, 0.3) is 6.08 Å². The van der Waals surface area contributed by atoms with Gasteiger partial charge in [-0.05, 0) is 49.3 Å². The van der Waals surface area contributed by atoms with Gasteiger partial charge < -0.3 is 0 Å². The van der Waals surface area contributed by atoms with Gasteiger partial charge in [0.15, 0.2) is 0 Å². The Labute approximate surface area is 118 Å². The van der Waals surface area contributed by atoms with Crippen molar-refractivity contribution in [1.29, 1.82) is 0 Å². The molecule has 0 bridgehead atoms. The summed E-state index contributed by atoms with van der Waals surface area (Å²) in [5.74, 6) is 0.586. The van der Waals surface area contributed by atoms with Crippen LogP contribution in [0.5, 0.6) is 0 Å². The zero-order valence-electron chi connectivity index (χ0n) is 12.6. The highest BCUT2D eigenvalue weighted by Crippen LogP contribution is 2.32. The molecule has 0 N–H and O–H groups in total. The molecule has 1 aromatic carbocycles. The molecule has 0 aliphatic heterocycles. The van der Waals surface area contributed by atoms with Gasteiger partial charge in [0.25, 0.3) is 0 Å². The monoisotopic (exact) mass is 254 g/mol. The lowest BCUT2D eigenvalue weighted by molar-refractivity contribution is 0.708. The summed E-state index contributed by atoms with van der Waals surface area (Å²) < 4.78 is 0. The van der Waals surface area contributed by atoms with Crippen molar-refractivity contribution < 1.29 is 0 Å². The van der Waals surface area contributed by atoms with E-state index in [0.717, 1.165) is 6.42 Å². The maximum Gasteiger partial charge on any atom is 0.00264 e. The molecule has 0 fully saturated rings. The summed E-state index contributed by atoms with van der Waals surface area (Å²) >= 11 is 0. The molecule has 0 saturated carbocycles. The van der Waals surface area contributed by atoms with Crippen LogP contribution in [-0.2, 0) is 6.42 Å². The van der Waals surface area contributed by atoms with Crippen molar-refractivity contribution in [1.82, 2.24) is 0 Å². The lowest BCUT2D eigenvalue weighted by Gasteiger charge is -2.21. The minimum atomic E-state index is 0.586. The predicted octanol–water partition coefficient (Wildman–Crippen LogP) is 5.89. The average molecular weight is 254 g/mol. The van der Waals surface area contributed by atoms with E-state index in [1.54, 1.807) is 0 Å². The smallest absolute Gasteiger partial charge is 0.00264 e. The van der Waals surface area contributed by atoms with Gasteiger partial charge in [-0.15, -0.1) is 0 Å². The third-order valence-corrected chi connectivity index (χ3v) is 4.14. The van der Waals surface area contributed by atoms with Crippen LogP contribution in [0.4, 0.5) is 0 Å². The Morgan fingerprint density at radius 1 is 1.32 bits per heavy atom. The van der Waals surface area contributed by atoms with Crippen LogP contribution >= 0.6 is 0 Å². The molecule has 1 aromatic rings. The maximum absolute atomic E-state index is 2.49. The molecule has 102 valence electrons. The Morgan fingerprint density at radius 3 is 2.89 bits per heavy atom. The number of hydrogen-bond donors (Lipinski definition) is 0. The molecule has 1 atom stereocenters. The Bertz CT molecular complexity index is 477. The molecule has 0 amide bonds. The van der Waals surface area contributed by atoms with E-state index >= 15 is 0 Å². The van der Waals surface area contributed by atoms with E-state index in [1.165, 1.54) is 47.9 Å². The fraction of sp³-hybridized carbons (Fsp3) is 0.474. The summed E-state index contributed by atoms with van der Waals surface area (Å²) in [6.45, 7) is 6.79. The standard InChI is InChI=1S/C19H26/c1-4-9-17(14-15(3)5-2)19-13-8-11-16-10-6-7-12-18(16)19/h7-8,11-14,17H,4-6,9-10H2,1-3H3. The molecule has 0 spiro atoms. The molecule has 0 radical (unpaired) electrons. The molecule has 0 heterocycles. The summed E-state index contributed by atoms with van der Waals surface area (Å²) in [5.41, 5.74) is 6.06. The van der Waals surface area contributed by atoms with Crippen LogP contribution in [0.1, 0.15) is 69.1 Å². The van der Waals surface area contributed by atoms with Gasteiger partial charge in [0.05, 0.1) is 0 Å². The molecule has 0 heteroatoms. The number of benzene rings is 1. The van der Waals surface area contributed by atoms with Crippen LogP contribution in [0.3, 0.4) is 0 Å². The Balaban J connectivity index is 2.40. The Kier molecular flexibility index (Phi) is 5.01. The van der Waals surface area contributed by atoms with Crippen LogP contribution in [0, 0.1) is 0 Å². The second-order valence-corrected chi connectivity index (χ2v) is 5.62. The lowest BCUT2D eigenvalue weighted by atomic mass is 9.84. The minimum Gasteiger partial charge on any atom is -0.0836 e. The first kappa shape index (κ1) is 14.1. The van der Waals surface area contributed by atoms with E-state index in [-0.39, 0.29) is 0 Å². The van der Waals surface area contributed by atoms with Crippen molar-refractivity contribution >= 4 is 6.08 Å². The highest BCUT2D eigenvalue weighted by molar-refractivity contribution is 5.61. The van der Waals surface area contributed by atoms with Crippen LogP contribution in [0.15, 0.2) is 35.9 Å². The van der Waals surface area contributed by atoms with Gasteiger partial charge in [0.2, 0.25) is 0 Å². The topological polar surface area (TPSA) is 0 Å². The quantitative estimate of drug-likeness (QED) is 0.575. The summed E-state index contributed by atoms with van der Waals surface area (Å²) in [5, 5.41) is 0. The molecule has 19 heavy (non-hydrogen) atoms. The van der Waals surface area contributed by atoms with E-state index in [4.69, 9.17) is 0 Å². The molecule has 0 nitrogen and oxygen atoms in total. The van der Waals surface area contributed by atoms with Gasteiger partial charge >= 0.3 is 0 Å². The van der Waals surface area contributed by atoms with Crippen molar-refractivity contribution in [2.75, 3.05) is 0 Å². The number of allylic oxidation sites excluding steroid dienone is 3. The third kappa shape index (κ3) is 3.37. The highest BCUT2D eigenvalue weighted by Gasteiger charge is 2.15. The zero-order chi connectivity index (χ0) is 13.7. The Hall–Kier alpha value is -1.30. The van der Waals surface area contributed by atoms with Gasteiger partial charge in [-0.25, -0.2) is 0 Å². The summed E-state index contributed by atoms with van der Waals surface area (Å²) in [4.78, 5) is 0. The van der Waals surface area contributed by atoms with E-state index in [2.05, 4.69) is 57.2 Å². The predicted molar refractivity (Wildman–Crippen MR) is 85.5 cm³/mol. The van der Waals surface area contributed by atoms with Gasteiger partial charge in [-0.2, -0.15) is 0 Å². The van der Waals surface area contributed by atoms with Crippen molar-refractivity contribution in [2.24, 2.45) is 0 Å². The molecule has 1 aliphatic carbocycles. The lowest BCUT2D eigenvalue weighted by Crippen LogP contribution is -2.04. The fourth-order valence-electron chi connectivity index (χ4n) is 2.92. The van der Waals surface area contributed by atoms with Crippen molar-refractivity contribution in [3.63, 3.8) is 0 Å². The van der Waals surface area contributed by atoms with Crippen LogP contribution in [-0.4, -0.2) is 0 Å². The summed E-state index contributed by atoms with van der Waals surface area (Å²) in [7, 11) is 0. The second-order valence-electron chi connectivity index (χ2n) is 5.62. The number of hydrogen-bond acceptors (Lipinski definition) is 0. The van der Waals surface area contributed by atoms with Crippen LogP contribution < -0.4 is 0 Å². The first-order valence-corrected chi connectivity index (χ1v) is 7.71. The first-order valence-electron chi connectivity index (χ1n) is 7.71. The SMILES string of the molecule is CCCC(C=C(C)CC)c1cccc2c1C=CCC2. The first-order chi connectivity index (χ1) is 9.26. The molecular weight excluding hydrogens is 228 g/mol. The third-order valence-electron chi connectivity index (χ3n) is 4.14. The molecule has 1 aliphatic rings. The fourth-order valence-corrected chi connectivity index (χ4v) is 2.92. The van der Waals surface area contributed by atoms with Crippen molar-refractivity contribution in [3.05, 3.63) is 52.6 Å². The molecule has 1 unspecified atom stereocenters. The average Bonchev–Trinajstić information content (AvgIpc) is 2.46. The van der Waals surface area contributed by atoms with Gasteiger partial charge in [0, 0.05) is 5.92 Å². The van der Waals surface area contributed by atoms with E-state index in [9.17, 15) is 0 Å². The number of fused-ring (bicyclic) bond motifs is 1. The molecular formula is C19H26. The molecule has 0 saturated heterocycles. The number of aryl methyl sites for hydroxylation is 1. The van der Waals surface area contributed by atoms with Gasteiger partial charge in [-0.1, -0.05) is 62.3 Å². The van der Waals surface area contributed by atoms with Crippen molar-refractivity contribution in [3.8, 4) is 0 Å². The molecule has 2 rings (SSSR count). The van der Waals surface area contributed by atoms with Crippen molar-refractivity contribution in [2.45, 2.75) is 58.8 Å². The maximum atomic E-state index is 2.49. The second kappa shape index (κ2) is 6.75. The summed E-state index contributed by atoms with van der Waals surface area (Å²) in [6, 6.07) is 6.86. The van der Waals surface area contributed by atoms with Gasteiger partial charge in [0.1, 0.15) is 0 Å². The minimum absolute atomic E-state index is 0.586. The van der Waals surface area contributed by atoms with E-state index in [0.29, 0.717) is 5.92 Å².